The van der Waals surface area contributed by atoms with E-state index in [0.717, 1.165) is 12.1 Å². The second-order valence-corrected chi connectivity index (χ2v) is 6.37. The molecule has 2 aromatic heterocycles. The van der Waals surface area contributed by atoms with E-state index in [4.69, 9.17) is 9.26 Å². The summed E-state index contributed by atoms with van der Waals surface area (Å²) in [7, 11) is 0. The monoisotopic (exact) mass is 358 g/mol. The number of nitrogens with one attached hydrogen (secondary N) is 1. The quantitative estimate of drug-likeness (QED) is 0.872. The summed E-state index contributed by atoms with van der Waals surface area (Å²) in [6.45, 7) is 6.45. The second-order valence-electron chi connectivity index (χ2n) is 6.37. The fraction of sp³-hybridized carbons (Fsp3) is 0.444. The molecule has 2 amide bonds. The van der Waals surface area contributed by atoms with Gasteiger partial charge in [0.2, 0.25) is 5.91 Å². The zero-order valence-corrected chi connectivity index (χ0v) is 15.1. The van der Waals surface area contributed by atoms with Crippen LogP contribution < -0.4 is 10.1 Å². The summed E-state index contributed by atoms with van der Waals surface area (Å²) < 4.78 is 11.1. The smallest absolute Gasteiger partial charge is 0.259 e. The van der Waals surface area contributed by atoms with Gasteiger partial charge < -0.3 is 19.5 Å². The summed E-state index contributed by atoms with van der Waals surface area (Å²) in [5.41, 5.74) is 1.86. The molecule has 8 heteroatoms. The fourth-order valence-corrected chi connectivity index (χ4v) is 2.99. The van der Waals surface area contributed by atoms with Crippen LogP contribution in [0.1, 0.15) is 40.9 Å². The molecule has 1 aliphatic rings. The number of ether oxygens (including phenoxy) is 1. The van der Waals surface area contributed by atoms with E-state index in [-0.39, 0.29) is 17.9 Å². The molecule has 0 aliphatic carbocycles. The number of pyridine rings is 1. The van der Waals surface area contributed by atoms with Crippen molar-refractivity contribution in [1.82, 2.24) is 20.4 Å². The van der Waals surface area contributed by atoms with E-state index in [1.165, 1.54) is 6.92 Å². The number of rotatable bonds is 5. The van der Waals surface area contributed by atoms with Crippen LogP contribution >= 0.6 is 0 Å². The molecule has 0 saturated carbocycles. The molecule has 1 saturated heterocycles. The van der Waals surface area contributed by atoms with Crippen LogP contribution in [-0.2, 0) is 11.3 Å². The van der Waals surface area contributed by atoms with E-state index in [9.17, 15) is 9.59 Å². The Bertz CT molecular complexity index is 798. The molecule has 0 radical (unpaired) electrons. The predicted molar refractivity (Wildman–Crippen MR) is 92.7 cm³/mol. The predicted octanol–water partition coefficient (Wildman–Crippen LogP) is 1.62. The second kappa shape index (κ2) is 7.55. The van der Waals surface area contributed by atoms with Gasteiger partial charge in [-0.3, -0.25) is 14.6 Å². The third kappa shape index (κ3) is 4.01. The summed E-state index contributed by atoms with van der Waals surface area (Å²) >= 11 is 0. The van der Waals surface area contributed by atoms with Crippen LogP contribution in [0, 0.1) is 13.8 Å². The highest BCUT2D eigenvalue weighted by Crippen LogP contribution is 2.22. The Kier molecular flexibility index (Phi) is 5.20. The molecular weight excluding hydrogens is 336 g/mol. The Hall–Kier alpha value is -2.90. The third-order valence-corrected chi connectivity index (χ3v) is 4.29. The first-order chi connectivity index (χ1) is 12.4. The van der Waals surface area contributed by atoms with Crippen LogP contribution in [-0.4, -0.2) is 46.0 Å². The van der Waals surface area contributed by atoms with Crippen LogP contribution in [0.25, 0.3) is 0 Å². The summed E-state index contributed by atoms with van der Waals surface area (Å²) in [6, 6.07) is 3.57. The average Bonchev–Trinajstić information content (AvgIpc) is 3.20. The maximum absolute atomic E-state index is 12.7. The minimum absolute atomic E-state index is 0.0755. The van der Waals surface area contributed by atoms with Crippen molar-refractivity contribution in [1.29, 1.82) is 0 Å². The molecule has 8 nitrogen and oxygen atoms in total. The molecule has 0 spiro atoms. The standard InChI is InChI=1S/C18H22N4O4/c1-11-17(12(2)26-21-11)18(24)22-7-5-16(10-22)25-15-4-6-19-14(8-15)9-20-13(3)23/h4,6,8,16H,5,7,9-10H2,1-3H3,(H,20,23). The molecular formula is C18H22N4O4. The largest absolute Gasteiger partial charge is 0.488 e. The first kappa shape index (κ1) is 17.9. The number of carbonyl (C=O) groups excluding carboxylic acids is 2. The molecule has 1 aliphatic heterocycles. The zero-order valence-electron chi connectivity index (χ0n) is 15.1. The molecule has 1 fully saturated rings. The van der Waals surface area contributed by atoms with Gasteiger partial charge in [0.1, 0.15) is 23.2 Å². The Labute approximate surface area is 151 Å². The highest BCUT2D eigenvalue weighted by molar-refractivity contribution is 5.96. The summed E-state index contributed by atoms with van der Waals surface area (Å²) in [6.07, 6.45) is 2.31. The van der Waals surface area contributed by atoms with E-state index in [0.29, 0.717) is 42.4 Å². The molecule has 3 heterocycles. The zero-order chi connectivity index (χ0) is 18.7. The maximum Gasteiger partial charge on any atom is 0.259 e. The molecule has 2 aromatic rings. The van der Waals surface area contributed by atoms with Crippen molar-refractivity contribution in [3.8, 4) is 5.75 Å². The van der Waals surface area contributed by atoms with Crippen molar-refractivity contribution in [3.05, 3.63) is 41.0 Å². The molecule has 26 heavy (non-hydrogen) atoms. The van der Waals surface area contributed by atoms with Gasteiger partial charge in [0.15, 0.2) is 0 Å². The van der Waals surface area contributed by atoms with Crippen LogP contribution in [0.3, 0.4) is 0 Å². The van der Waals surface area contributed by atoms with E-state index >= 15 is 0 Å². The van der Waals surface area contributed by atoms with Gasteiger partial charge in [-0.05, 0) is 19.9 Å². The minimum atomic E-state index is -0.109. The lowest BCUT2D eigenvalue weighted by molar-refractivity contribution is -0.119. The van der Waals surface area contributed by atoms with Crippen molar-refractivity contribution >= 4 is 11.8 Å². The van der Waals surface area contributed by atoms with Crippen LogP contribution in [0.4, 0.5) is 0 Å². The van der Waals surface area contributed by atoms with Gasteiger partial charge in [-0.25, -0.2) is 0 Å². The lowest BCUT2D eigenvalue weighted by Gasteiger charge is -2.17. The number of amides is 2. The van der Waals surface area contributed by atoms with Gasteiger partial charge in [-0.15, -0.1) is 0 Å². The first-order valence-electron chi connectivity index (χ1n) is 8.52. The molecule has 1 N–H and O–H groups in total. The van der Waals surface area contributed by atoms with E-state index < -0.39 is 0 Å². The number of aryl methyl sites for hydroxylation is 2. The van der Waals surface area contributed by atoms with Gasteiger partial charge in [0.05, 0.1) is 24.5 Å². The van der Waals surface area contributed by atoms with E-state index in [1.54, 1.807) is 37.1 Å². The topological polar surface area (TPSA) is 97.6 Å². The lowest BCUT2D eigenvalue weighted by atomic mass is 10.2. The Morgan fingerprint density at radius 3 is 2.92 bits per heavy atom. The van der Waals surface area contributed by atoms with Gasteiger partial charge in [0.25, 0.3) is 5.91 Å². The number of hydrogen-bond acceptors (Lipinski definition) is 6. The van der Waals surface area contributed by atoms with Crippen molar-refractivity contribution < 1.29 is 18.8 Å². The van der Waals surface area contributed by atoms with Gasteiger partial charge >= 0.3 is 0 Å². The highest BCUT2D eigenvalue weighted by Gasteiger charge is 2.31. The van der Waals surface area contributed by atoms with Gasteiger partial charge in [-0.1, -0.05) is 5.16 Å². The van der Waals surface area contributed by atoms with Gasteiger partial charge in [-0.2, -0.15) is 0 Å². The van der Waals surface area contributed by atoms with Crippen molar-refractivity contribution in [3.63, 3.8) is 0 Å². The van der Waals surface area contributed by atoms with Crippen molar-refractivity contribution in [2.45, 2.75) is 39.8 Å². The molecule has 3 rings (SSSR count). The Morgan fingerprint density at radius 1 is 1.42 bits per heavy atom. The maximum atomic E-state index is 12.7. The molecule has 1 atom stereocenters. The number of nitrogens with zero attached hydrogens (tertiary/aromatic N) is 3. The van der Waals surface area contributed by atoms with E-state index in [1.807, 2.05) is 0 Å². The normalized spacial score (nSPS) is 16.6. The molecule has 0 bridgehead atoms. The lowest BCUT2D eigenvalue weighted by Crippen LogP contribution is -2.31. The van der Waals surface area contributed by atoms with E-state index in [2.05, 4.69) is 15.5 Å². The third-order valence-electron chi connectivity index (χ3n) is 4.29. The number of hydrogen-bond donors (Lipinski definition) is 1. The molecule has 1 unspecified atom stereocenters. The molecule has 138 valence electrons. The molecule has 0 aromatic carbocycles. The fourth-order valence-electron chi connectivity index (χ4n) is 2.99. The summed E-state index contributed by atoms with van der Waals surface area (Å²) in [4.78, 5) is 29.6. The Morgan fingerprint density at radius 2 is 2.23 bits per heavy atom. The number of carbonyl (C=O) groups is 2. The van der Waals surface area contributed by atoms with Crippen molar-refractivity contribution in [2.24, 2.45) is 0 Å². The van der Waals surface area contributed by atoms with Crippen LogP contribution in [0.15, 0.2) is 22.9 Å². The summed E-state index contributed by atoms with van der Waals surface area (Å²) in [5.74, 6) is 1.03. The highest BCUT2D eigenvalue weighted by atomic mass is 16.5. The first-order valence-corrected chi connectivity index (χ1v) is 8.52. The average molecular weight is 358 g/mol. The Balaban J connectivity index is 1.60. The summed E-state index contributed by atoms with van der Waals surface area (Å²) in [5, 5.41) is 6.55. The minimum Gasteiger partial charge on any atom is -0.488 e. The SMILES string of the molecule is CC(=O)NCc1cc(OC2CCN(C(=O)c3c(C)noc3C)C2)ccn1. The number of likely N-dealkylation sites (tertiary alicyclic amines) is 1. The van der Waals surface area contributed by atoms with Gasteiger partial charge in [0, 0.05) is 32.2 Å². The van der Waals surface area contributed by atoms with Crippen LogP contribution in [0.2, 0.25) is 0 Å². The van der Waals surface area contributed by atoms with Crippen molar-refractivity contribution in [2.75, 3.05) is 13.1 Å². The number of aromatic nitrogens is 2. The van der Waals surface area contributed by atoms with Crippen LogP contribution in [0.5, 0.6) is 5.75 Å².